The monoisotopic (exact) mass is 473 g/mol. The van der Waals surface area contributed by atoms with Gasteiger partial charge < -0.3 is 0 Å². The Labute approximate surface area is 161 Å². The van der Waals surface area contributed by atoms with Crippen LogP contribution in [0.15, 0.2) is 42.5 Å². The van der Waals surface area contributed by atoms with Gasteiger partial charge >= 0.3 is 162 Å². The number of anilines is 1. The Morgan fingerprint density at radius 3 is 2.54 bits per heavy atom. The Morgan fingerprint density at radius 2 is 1.88 bits per heavy atom. The quantitative estimate of drug-likeness (QED) is 0.489. The third-order valence-corrected chi connectivity index (χ3v) is 5.41. The third kappa shape index (κ3) is 5.74. The molecule has 0 aromatic heterocycles. The van der Waals surface area contributed by atoms with Crippen LogP contribution in [0.5, 0.6) is 5.75 Å². The molecule has 6 heteroatoms. The van der Waals surface area contributed by atoms with Crippen molar-refractivity contribution in [2.45, 2.75) is 26.5 Å². The Balaban J connectivity index is 2.31. The van der Waals surface area contributed by atoms with Crippen molar-refractivity contribution in [3.05, 3.63) is 58.6 Å². The van der Waals surface area contributed by atoms with Gasteiger partial charge in [-0.15, -0.1) is 0 Å². The molecule has 2 aromatic rings. The van der Waals surface area contributed by atoms with Crippen LogP contribution in [-0.2, 0) is 20.1 Å². The summed E-state index contributed by atoms with van der Waals surface area (Å²) in [6.45, 7) is 4.75. The zero-order valence-electron chi connectivity index (χ0n) is 13.7. The molecule has 0 radical (unpaired) electrons. The predicted octanol–water partition coefficient (Wildman–Crippen LogP) is 5.84. The van der Waals surface area contributed by atoms with E-state index in [1.54, 1.807) is 0 Å². The molecule has 0 saturated heterocycles. The summed E-state index contributed by atoms with van der Waals surface area (Å²) < 4.78 is 7.84. The molecule has 0 unspecified atom stereocenters. The summed E-state index contributed by atoms with van der Waals surface area (Å²) in [7, 11) is 14.1. The van der Waals surface area contributed by atoms with Crippen molar-refractivity contribution in [3.63, 3.8) is 0 Å². The van der Waals surface area contributed by atoms with Gasteiger partial charge in [-0.2, -0.15) is 0 Å². The van der Waals surface area contributed by atoms with Crippen molar-refractivity contribution in [3.8, 4) is 5.75 Å². The Bertz CT molecular complexity index is 730. The van der Waals surface area contributed by atoms with Crippen LogP contribution >= 0.6 is 31.0 Å². The van der Waals surface area contributed by atoms with Crippen LogP contribution in [-0.4, -0.2) is 17.8 Å². The molecule has 0 N–H and O–H groups in total. The van der Waals surface area contributed by atoms with Crippen LogP contribution < -0.4 is 9.64 Å². The first-order valence-corrected chi connectivity index (χ1v) is 13.3. The number of hydrogen-bond donors (Lipinski definition) is 0. The standard InChI is InChI=1S/C18H20ClNO.2ClH.Ru/c1-13(2)21-18-8-6-5-7-17(18)20(4)12-15-9-10-16(19)11-14(15)3;;;/h3,5-11,13H,12H2,1-2,4H3;2*1H;/q;;;+2/p-2. The second-order valence-corrected chi connectivity index (χ2v) is 11.8. The minimum absolute atomic E-state index is 0.124. The van der Waals surface area contributed by atoms with E-state index >= 15 is 0 Å². The Kier molecular flexibility index (Phi) is 7.56. The summed E-state index contributed by atoms with van der Waals surface area (Å²) in [5.74, 6) is 0.872. The zero-order valence-corrected chi connectivity index (χ0v) is 17.8. The summed E-state index contributed by atoms with van der Waals surface area (Å²) in [4.78, 5) is 2.15. The van der Waals surface area contributed by atoms with Gasteiger partial charge in [0, 0.05) is 0 Å². The number of benzene rings is 2. The van der Waals surface area contributed by atoms with E-state index in [4.69, 9.17) is 35.7 Å². The predicted molar refractivity (Wildman–Crippen MR) is 103 cm³/mol. The van der Waals surface area contributed by atoms with Crippen molar-refractivity contribution in [2.75, 3.05) is 11.9 Å². The maximum absolute atomic E-state index is 6.11. The van der Waals surface area contributed by atoms with Crippen molar-refractivity contribution >= 4 is 41.3 Å². The SMILES string of the molecule is CC(C)Oc1ccccc1N(C)Cc1ccc(Cl)cc1[CH]=[Ru]([Cl])[Cl]. The fourth-order valence-electron chi connectivity index (χ4n) is 2.35. The number of nitrogens with zero attached hydrogens (tertiary/aromatic N) is 1. The first-order valence-electron chi connectivity index (χ1n) is 7.45. The van der Waals surface area contributed by atoms with Crippen molar-refractivity contribution < 1.29 is 18.3 Å². The van der Waals surface area contributed by atoms with Crippen LogP contribution in [0.1, 0.15) is 25.0 Å². The number of para-hydroxylation sites is 2. The minimum atomic E-state index is -1.92. The van der Waals surface area contributed by atoms with E-state index in [1.807, 2.05) is 61.9 Å². The molecular weight excluding hydrogens is 454 g/mol. The van der Waals surface area contributed by atoms with Gasteiger partial charge in [0.25, 0.3) is 0 Å². The van der Waals surface area contributed by atoms with Crippen LogP contribution in [0.3, 0.4) is 0 Å². The molecule has 0 aliphatic rings. The fourth-order valence-corrected chi connectivity index (χ4v) is 4.39. The molecule has 0 bridgehead atoms. The molecule has 0 aliphatic heterocycles. The van der Waals surface area contributed by atoms with Crippen LogP contribution in [0.4, 0.5) is 5.69 Å². The molecule has 0 aliphatic carbocycles. The molecule has 2 aromatic carbocycles. The summed E-state index contributed by atoms with van der Waals surface area (Å²) in [6.07, 6.45) is 0.124. The zero-order chi connectivity index (χ0) is 17.7. The van der Waals surface area contributed by atoms with Gasteiger partial charge in [0.05, 0.1) is 0 Å². The van der Waals surface area contributed by atoms with Gasteiger partial charge in [0.1, 0.15) is 0 Å². The normalized spacial score (nSPS) is 11.4. The van der Waals surface area contributed by atoms with E-state index in [1.165, 1.54) is 0 Å². The van der Waals surface area contributed by atoms with E-state index in [0.29, 0.717) is 11.6 Å². The first-order chi connectivity index (χ1) is 11.4. The van der Waals surface area contributed by atoms with Crippen LogP contribution in [0.25, 0.3) is 0 Å². The summed E-state index contributed by atoms with van der Waals surface area (Å²) >= 11 is 4.19. The van der Waals surface area contributed by atoms with E-state index in [-0.39, 0.29) is 6.10 Å². The topological polar surface area (TPSA) is 12.5 Å². The maximum atomic E-state index is 6.11. The molecular formula is C18H20Cl3NORu. The first kappa shape index (κ1) is 19.7. The molecule has 132 valence electrons. The molecule has 2 rings (SSSR count). The Morgan fingerprint density at radius 1 is 1.17 bits per heavy atom. The summed E-state index contributed by atoms with van der Waals surface area (Å²) in [6, 6.07) is 13.8. The van der Waals surface area contributed by atoms with Crippen molar-refractivity contribution in [1.82, 2.24) is 0 Å². The summed E-state index contributed by atoms with van der Waals surface area (Å²) in [5.41, 5.74) is 3.17. The average molecular weight is 474 g/mol. The molecule has 0 heterocycles. The number of ether oxygens (including phenoxy) is 1. The van der Waals surface area contributed by atoms with Gasteiger partial charge in [0.2, 0.25) is 0 Å². The van der Waals surface area contributed by atoms with Crippen LogP contribution in [0.2, 0.25) is 5.02 Å². The van der Waals surface area contributed by atoms with E-state index in [2.05, 4.69) is 11.0 Å². The molecule has 2 nitrogen and oxygen atoms in total. The van der Waals surface area contributed by atoms with Gasteiger partial charge in [-0.3, -0.25) is 0 Å². The van der Waals surface area contributed by atoms with E-state index in [0.717, 1.165) is 22.6 Å². The van der Waals surface area contributed by atoms with E-state index in [9.17, 15) is 0 Å². The molecule has 0 fully saturated rings. The molecule has 0 spiro atoms. The van der Waals surface area contributed by atoms with Crippen molar-refractivity contribution in [2.24, 2.45) is 0 Å². The number of rotatable bonds is 6. The van der Waals surface area contributed by atoms with Gasteiger partial charge in [-0.1, -0.05) is 0 Å². The van der Waals surface area contributed by atoms with Crippen molar-refractivity contribution in [1.29, 1.82) is 0 Å². The average Bonchev–Trinajstić information content (AvgIpc) is 2.49. The molecule has 0 atom stereocenters. The third-order valence-electron chi connectivity index (χ3n) is 3.34. The second kappa shape index (κ2) is 9.20. The molecule has 0 amide bonds. The fraction of sp³-hybridized carbons (Fsp3) is 0.278. The van der Waals surface area contributed by atoms with Gasteiger partial charge in [-0.05, 0) is 0 Å². The number of hydrogen-bond acceptors (Lipinski definition) is 2. The Hall–Kier alpha value is -0.597. The summed E-state index contributed by atoms with van der Waals surface area (Å²) in [5, 5.41) is 0.681. The molecule has 24 heavy (non-hydrogen) atoms. The van der Waals surface area contributed by atoms with Gasteiger partial charge in [0.15, 0.2) is 0 Å². The molecule has 0 saturated carbocycles. The number of halogens is 3. The van der Waals surface area contributed by atoms with E-state index < -0.39 is 13.5 Å². The second-order valence-electron chi connectivity index (χ2n) is 5.64. The van der Waals surface area contributed by atoms with Gasteiger partial charge in [-0.25, -0.2) is 0 Å². The van der Waals surface area contributed by atoms with Crippen LogP contribution in [0, 0.1) is 0 Å².